The van der Waals surface area contributed by atoms with E-state index in [1.807, 2.05) is 5.57 Å². The minimum absolute atomic E-state index is 0.577. The van der Waals surface area contributed by atoms with Crippen LogP contribution in [0.5, 0.6) is 0 Å². The Balaban J connectivity index is 1.66. The van der Waals surface area contributed by atoms with Gasteiger partial charge in [-0.05, 0) is 92.8 Å². The van der Waals surface area contributed by atoms with Gasteiger partial charge in [0.2, 0.25) is 0 Å². The summed E-state index contributed by atoms with van der Waals surface area (Å²) in [5, 5.41) is 0. The molecule has 4 fully saturated rings. The quantitative estimate of drug-likeness (QED) is 0.454. The predicted octanol–water partition coefficient (Wildman–Crippen LogP) is 6.37. The molecule has 0 aromatic heterocycles. The molecule has 0 spiro atoms. The predicted molar refractivity (Wildman–Crippen MR) is 90.1 cm³/mol. The van der Waals surface area contributed by atoms with Gasteiger partial charge in [-0.2, -0.15) is 0 Å². The van der Waals surface area contributed by atoms with E-state index in [0.29, 0.717) is 10.8 Å². The summed E-state index contributed by atoms with van der Waals surface area (Å²) in [6.45, 7) is 7.60. The molecule has 0 aromatic carbocycles. The Morgan fingerprint density at radius 1 is 0.905 bits per heavy atom. The summed E-state index contributed by atoms with van der Waals surface area (Å²) >= 11 is 0. The molecule has 21 heavy (non-hydrogen) atoms. The second-order valence-electron chi connectivity index (χ2n) is 9.21. The van der Waals surface area contributed by atoms with E-state index in [4.69, 9.17) is 0 Å². The number of hydrogen-bond donors (Lipinski definition) is 0. The third kappa shape index (κ3) is 1.86. The Labute approximate surface area is 131 Å². The highest BCUT2D eigenvalue weighted by Crippen LogP contribution is 2.67. The van der Waals surface area contributed by atoms with Gasteiger partial charge in [0.1, 0.15) is 0 Å². The van der Waals surface area contributed by atoms with Gasteiger partial charge < -0.3 is 0 Å². The Kier molecular flexibility index (Phi) is 3.32. The van der Waals surface area contributed by atoms with Gasteiger partial charge in [0.15, 0.2) is 0 Å². The summed E-state index contributed by atoms with van der Waals surface area (Å²) in [5.41, 5.74) is 3.09. The van der Waals surface area contributed by atoms with E-state index in [-0.39, 0.29) is 0 Å². The van der Waals surface area contributed by atoms with Crippen LogP contribution in [-0.4, -0.2) is 0 Å². The molecule has 118 valence electrons. The standard InChI is InChI=1S/C21H34/c1-4-15-9-11-18-17-10-8-16-7-5-6-13-20(16,2)19(17)12-14-21(15,18)3/h4,16-19H,5-14H2,1-3H3/b15-4-/t16?,17-,18-,19-,20-,21+/m0/s1. The zero-order valence-corrected chi connectivity index (χ0v) is 14.5. The highest BCUT2D eigenvalue weighted by atomic mass is 14.6. The van der Waals surface area contributed by atoms with E-state index in [9.17, 15) is 0 Å². The normalized spacial score (nSPS) is 54.9. The van der Waals surface area contributed by atoms with E-state index in [2.05, 4.69) is 26.8 Å². The summed E-state index contributed by atoms with van der Waals surface area (Å²) in [6, 6.07) is 0. The van der Waals surface area contributed by atoms with Crippen molar-refractivity contribution in [3.05, 3.63) is 11.6 Å². The molecule has 0 amide bonds. The molecular weight excluding hydrogens is 252 g/mol. The third-order valence-corrected chi connectivity index (χ3v) is 8.78. The first-order valence-corrected chi connectivity index (χ1v) is 9.75. The highest BCUT2D eigenvalue weighted by molar-refractivity contribution is 5.23. The van der Waals surface area contributed by atoms with Crippen LogP contribution >= 0.6 is 0 Å². The lowest BCUT2D eigenvalue weighted by Crippen LogP contribution is -2.52. The van der Waals surface area contributed by atoms with Crippen molar-refractivity contribution < 1.29 is 0 Å². The summed E-state index contributed by atoms with van der Waals surface area (Å²) in [7, 11) is 0. The lowest BCUT2D eigenvalue weighted by Gasteiger charge is -2.60. The fraction of sp³-hybridized carbons (Fsp3) is 0.905. The maximum absolute atomic E-state index is 2.70. The molecule has 0 aromatic rings. The molecule has 0 radical (unpaired) electrons. The van der Waals surface area contributed by atoms with Crippen LogP contribution < -0.4 is 0 Å². The minimum atomic E-state index is 0.577. The molecule has 4 aliphatic carbocycles. The van der Waals surface area contributed by atoms with Crippen LogP contribution in [0.3, 0.4) is 0 Å². The summed E-state index contributed by atoms with van der Waals surface area (Å²) in [4.78, 5) is 0. The van der Waals surface area contributed by atoms with Gasteiger partial charge >= 0.3 is 0 Å². The van der Waals surface area contributed by atoms with Gasteiger partial charge in [-0.25, -0.2) is 0 Å². The van der Waals surface area contributed by atoms with Crippen molar-refractivity contribution in [2.45, 2.75) is 85.0 Å². The maximum Gasteiger partial charge on any atom is -0.00853 e. The SMILES string of the molecule is C/C=C1/CC[C@H]2[C@@H]3CCC4CCCC[C@]4(C)[C@H]3CC[C@]12C. The molecule has 4 aliphatic rings. The van der Waals surface area contributed by atoms with Crippen LogP contribution in [0, 0.1) is 34.5 Å². The Morgan fingerprint density at radius 3 is 2.57 bits per heavy atom. The van der Waals surface area contributed by atoms with Crippen molar-refractivity contribution in [2.24, 2.45) is 34.5 Å². The number of fused-ring (bicyclic) bond motifs is 5. The molecule has 0 aliphatic heterocycles. The van der Waals surface area contributed by atoms with Crippen LogP contribution in [0.25, 0.3) is 0 Å². The second kappa shape index (κ2) is 4.87. The molecule has 6 atom stereocenters. The van der Waals surface area contributed by atoms with E-state index in [1.165, 1.54) is 38.5 Å². The van der Waals surface area contributed by atoms with Gasteiger partial charge in [-0.15, -0.1) is 0 Å². The van der Waals surface area contributed by atoms with Crippen LogP contribution in [0.15, 0.2) is 11.6 Å². The maximum atomic E-state index is 2.70. The topological polar surface area (TPSA) is 0 Å². The van der Waals surface area contributed by atoms with Gasteiger partial charge in [0, 0.05) is 0 Å². The summed E-state index contributed by atoms with van der Waals surface area (Å²) in [6.07, 6.45) is 17.6. The Hall–Kier alpha value is -0.260. The average Bonchev–Trinajstić information content (AvgIpc) is 2.83. The first kappa shape index (κ1) is 14.3. The molecule has 4 saturated carbocycles. The van der Waals surface area contributed by atoms with Gasteiger partial charge in [-0.3, -0.25) is 0 Å². The van der Waals surface area contributed by atoms with E-state index < -0.39 is 0 Å². The molecule has 4 rings (SSSR count). The number of hydrogen-bond acceptors (Lipinski definition) is 0. The lowest BCUT2D eigenvalue weighted by atomic mass is 9.45. The number of allylic oxidation sites excluding steroid dienone is 2. The van der Waals surface area contributed by atoms with E-state index in [0.717, 1.165) is 23.7 Å². The van der Waals surface area contributed by atoms with Gasteiger partial charge in [0.05, 0.1) is 0 Å². The zero-order chi connectivity index (χ0) is 14.7. The van der Waals surface area contributed by atoms with Crippen molar-refractivity contribution in [3.8, 4) is 0 Å². The summed E-state index contributed by atoms with van der Waals surface area (Å²) in [5.74, 6) is 4.20. The van der Waals surface area contributed by atoms with Gasteiger partial charge in [0.25, 0.3) is 0 Å². The molecule has 0 saturated heterocycles. The zero-order valence-electron chi connectivity index (χ0n) is 14.5. The first-order valence-electron chi connectivity index (χ1n) is 9.75. The molecule has 0 heterocycles. The van der Waals surface area contributed by atoms with Crippen LogP contribution in [0.1, 0.15) is 85.0 Å². The monoisotopic (exact) mass is 286 g/mol. The Bertz CT molecular complexity index is 447. The fourth-order valence-electron chi connectivity index (χ4n) is 7.62. The average molecular weight is 287 g/mol. The van der Waals surface area contributed by atoms with E-state index >= 15 is 0 Å². The molecule has 0 heteroatoms. The van der Waals surface area contributed by atoms with Gasteiger partial charge in [-0.1, -0.05) is 38.3 Å². The molecule has 0 N–H and O–H groups in total. The molecule has 1 unspecified atom stereocenters. The molecule has 0 bridgehead atoms. The van der Waals surface area contributed by atoms with Crippen molar-refractivity contribution in [1.82, 2.24) is 0 Å². The molecule has 0 nitrogen and oxygen atoms in total. The Morgan fingerprint density at radius 2 is 1.76 bits per heavy atom. The molecular formula is C21H34. The number of rotatable bonds is 0. The van der Waals surface area contributed by atoms with Crippen molar-refractivity contribution in [3.63, 3.8) is 0 Å². The second-order valence-corrected chi connectivity index (χ2v) is 9.21. The van der Waals surface area contributed by atoms with Crippen molar-refractivity contribution in [2.75, 3.05) is 0 Å². The fourth-order valence-corrected chi connectivity index (χ4v) is 7.62. The smallest absolute Gasteiger partial charge is 0.00853 e. The van der Waals surface area contributed by atoms with Crippen LogP contribution in [-0.2, 0) is 0 Å². The van der Waals surface area contributed by atoms with E-state index in [1.54, 1.807) is 25.7 Å². The summed E-state index contributed by atoms with van der Waals surface area (Å²) < 4.78 is 0. The highest BCUT2D eigenvalue weighted by Gasteiger charge is 2.58. The van der Waals surface area contributed by atoms with Crippen molar-refractivity contribution in [1.29, 1.82) is 0 Å². The third-order valence-electron chi connectivity index (χ3n) is 8.78. The first-order chi connectivity index (χ1) is 10.1. The van der Waals surface area contributed by atoms with Crippen molar-refractivity contribution >= 4 is 0 Å². The minimum Gasteiger partial charge on any atom is -0.0879 e. The lowest BCUT2D eigenvalue weighted by molar-refractivity contribution is -0.0972. The largest absolute Gasteiger partial charge is 0.0879 e. The van der Waals surface area contributed by atoms with Crippen LogP contribution in [0.4, 0.5) is 0 Å². The van der Waals surface area contributed by atoms with Crippen LogP contribution in [0.2, 0.25) is 0 Å².